The van der Waals surface area contributed by atoms with Crippen LogP contribution in [0.15, 0.2) is 48.5 Å². The van der Waals surface area contributed by atoms with Gasteiger partial charge < -0.3 is 10.1 Å². The van der Waals surface area contributed by atoms with Gasteiger partial charge >= 0.3 is 0 Å². The first-order valence-corrected chi connectivity index (χ1v) is 8.36. The fourth-order valence-electron chi connectivity index (χ4n) is 2.08. The standard InChI is InChI=1S/C17H14ClN3O2S/c1-23-14-8-2-11(3-9-14)10-15(22)19-17-21-20-16(24-17)12-4-6-13(18)7-5-12/h2-9H,10H2,1H3,(H,19,21,22). The second-order valence-corrected chi connectivity index (χ2v) is 6.41. The highest BCUT2D eigenvalue weighted by molar-refractivity contribution is 7.18. The molecule has 0 unspecified atom stereocenters. The van der Waals surface area contributed by atoms with E-state index in [1.165, 1.54) is 11.3 Å². The highest BCUT2D eigenvalue weighted by atomic mass is 35.5. The van der Waals surface area contributed by atoms with Gasteiger partial charge in [-0.15, -0.1) is 10.2 Å². The van der Waals surface area contributed by atoms with E-state index >= 15 is 0 Å². The fraction of sp³-hybridized carbons (Fsp3) is 0.118. The van der Waals surface area contributed by atoms with Crippen molar-refractivity contribution in [2.75, 3.05) is 12.4 Å². The minimum atomic E-state index is -0.140. The van der Waals surface area contributed by atoms with Gasteiger partial charge in [0.1, 0.15) is 10.8 Å². The molecular formula is C17H14ClN3O2S. The molecule has 0 saturated carbocycles. The number of hydrogen-bond acceptors (Lipinski definition) is 5. The molecule has 1 amide bonds. The second-order valence-electron chi connectivity index (χ2n) is 4.99. The van der Waals surface area contributed by atoms with E-state index in [-0.39, 0.29) is 12.3 Å². The number of hydrogen-bond donors (Lipinski definition) is 1. The summed E-state index contributed by atoms with van der Waals surface area (Å²) in [6, 6.07) is 14.7. The van der Waals surface area contributed by atoms with E-state index in [4.69, 9.17) is 16.3 Å². The Morgan fingerprint density at radius 1 is 1.12 bits per heavy atom. The van der Waals surface area contributed by atoms with E-state index in [0.29, 0.717) is 10.2 Å². The molecule has 7 heteroatoms. The van der Waals surface area contributed by atoms with Crippen LogP contribution in [0.2, 0.25) is 5.02 Å². The molecule has 3 aromatic rings. The van der Waals surface area contributed by atoms with Gasteiger partial charge in [0.05, 0.1) is 13.5 Å². The van der Waals surface area contributed by atoms with Gasteiger partial charge in [0.2, 0.25) is 11.0 Å². The molecule has 1 N–H and O–H groups in total. The number of carbonyl (C=O) groups excluding carboxylic acids is 1. The molecule has 0 bridgehead atoms. The third-order valence-electron chi connectivity index (χ3n) is 3.29. The highest BCUT2D eigenvalue weighted by Crippen LogP contribution is 2.27. The molecule has 24 heavy (non-hydrogen) atoms. The molecule has 0 radical (unpaired) electrons. The van der Waals surface area contributed by atoms with Crippen LogP contribution in [0.3, 0.4) is 0 Å². The maximum Gasteiger partial charge on any atom is 0.230 e. The Balaban J connectivity index is 1.63. The summed E-state index contributed by atoms with van der Waals surface area (Å²) in [4.78, 5) is 12.1. The van der Waals surface area contributed by atoms with Gasteiger partial charge in [-0.2, -0.15) is 0 Å². The van der Waals surface area contributed by atoms with Gasteiger partial charge in [-0.3, -0.25) is 4.79 Å². The number of nitrogens with zero attached hydrogens (tertiary/aromatic N) is 2. The van der Waals surface area contributed by atoms with Crippen molar-refractivity contribution in [3.63, 3.8) is 0 Å². The number of benzene rings is 2. The monoisotopic (exact) mass is 359 g/mol. The van der Waals surface area contributed by atoms with Gasteiger partial charge in [-0.1, -0.05) is 47.2 Å². The SMILES string of the molecule is COc1ccc(CC(=O)Nc2nnc(-c3ccc(Cl)cc3)s2)cc1. The third kappa shape index (κ3) is 4.10. The van der Waals surface area contributed by atoms with Crippen LogP contribution >= 0.6 is 22.9 Å². The van der Waals surface area contributed by atoms with Crippen LogP contribution in [0.1, 0.15) is 5.56 Å². The largest absolute Gasteiger partial charge is 0.497 e. The number of aromatic nitrogens is 2. The lowest BCUT2D eigenvalue weighted by Gasteiger charge is -2.03. The molecule has 2 aromatic carbocycles. The van der Waals surface area contributed by atoms with Gasteiger partial charge in [-0.25, -0.2) is 0 Å². The van der Waals surface area contributed by atoms with E-state index in [9.17, 15) is 4.79 Å². The van der Waals surface area contributed by atoms with Gasteiger partial charge in [0, 0.05) is 10.6 Å². The molecule has 0 saturated heterocycles. The molecule has 1 heterocycles. The summed E-state index contributed by atoms with van der Waals surface area (Å²) >= 11 is 7.19. The van der Waals surface area contributed by atoms with Crippen molar-refractivity contribution in [2.45, 2.75) is 6.42 Å². The number of nitrogens with one attached hydrogen (secondary N) is 1. The lowest BCUT2D eigenvalue weighted by Crippen LogP contribution is -2.14. The topological polar surface area (TPSA) is 64.1 Å². The van der Waals surface area contributed by atoms with Crippen molar-refractivity contribution < 1.29 is 9.53 Å². The smallest absolute Gasteiger partial charge is 0.230 e. The van der Waals surface area contributed by atoms with Crippen LogP contribution < -0.4 is 10.1 Å². The zero-order chi connectivity index (χ0) is 16.9. The first-order valence-electron chi connectivity index (χ1n) is 7.16. The van der Waals surface area contributed by atoms with Gasteiger partial charge in [0.15, 0.2) is 0 Å². The average molecular weight is 360 g/mol. The molecule has 0 atom stereocenters. The fourth-order valence-corrected chi connectivity index (χ4v) is 2.97. The maximum absolute atomic E-state index is 12.1. The van der Waals surface area contributed by atoms with Crippen molar-refractivity contribution in [1.82, 2.24) is 10.2 Å². The average Bonchev–Trinajstić information content (AvgIpc) is 3.04. The van der Waals surface area contributed by atoms with E-state index in [1.54, 1.807) is 19.2 Å². The summed E-state index contributed by atoms with van der Waals surface area (Å²) in [5.41, 5.74) is 1.81. The molecular weight excluding hydrogens is 346 g/mol. The van der Waals surface area contributed by atoms with E-state index in [2.05, 4.69) is 15.5 Å². The molecule has 5 nitrogen and oxygen atoms in total. The van der Waals surface area contributed by atoms with E-state index < -0.39 is 0 Å². The first-order chi connectivity index (χ1) is 11.6. The Kier molecular flexibility index (Phi) is 5.08. The summed E-state index contributed by atoms with van der Waals surface area (Å²) in [7, 11) is 1.61. The number of carbonyl (C=O) groups is 1. The van der Waals surface area contributed by atoms with Crippen molar-refractivity contribution in [3.8, 4) is 16.3 Å². The lowest BCUT2D eigenvalue weighted by atomic mass is 10.1. The predicted molar refractivity (Wildman–Crippen MR) is 95.7 cm³/mol. The van der Waals surface area contributed by atoms with Gasteiger partial charge in [-0.05, 0) is 29.8 Å². The second kappa shape index (κ2) is 7.42. The van der Waals surface area contributed by atoms with Crippen LogP contribution in [0, 0.1) is 0 Å². The first kappa shape index (κ1) is 16.4. The zero-order valence-electron chi connectivity index (χ0n) is 12.8. The van der Waals surface area contributed by atoms with Crippen LogP contribution in [0.4, 0.5) is 5.13 Å². The quantitative estimate of drug-likeness (QED) is 0.746. The van der Waals surface area contributed by atoms with Crippen molar-refractivity contribution in [3.05, 3.63) is 59.1 Å². The molecule has 0 aliphatic heterocycles. The summed E-state index contributed by atoms with van der Waals surface area (Å²) < 4.78 is 5.10. The minimum absolute atomic E-state index is 0.140. The number of halogens is 1. The van der Waals surface area contributed by atoms with E-state index in [1.807, 2.05) is 36.4 Å². The molecule has 0 aliphatic carbocycles. The Labute approximate surface area is 148 Å². The summed E-state index contributed by atoms with van der Waals surface area (Å²) in [5, 5.41) is 12.7. The van der Waals surface area contributed by atoms with Crippen molar-refractivity contribution in [2.24, 2.45) is 0 Å². The summed E-state index contributed by atoms with van der Waals surface area (Å²) in [6.07, 6.45) is 0.264. The van der Waals surface area contributed by atoms with E-state index in [0.717, 1.165) is 21.9 Å². The normalized spacial score (nSPS) is 10.4. The Bertz CT molecular complexity index is 832. The van der Waals surface area contributed by atoms with Crippen molar-refractivity contribution >= 4 is 34.0 Å². The zero-order valence-corrected chi connectivity index (χ0v) is 14.4. The molecule has 122 valence electrons. The number of methoxy groups -OCH3 is 1. The number of amides is 1. The number of ether oxygens (including phenoxy) is 1. The number of anilines is 1. The van der Waals surface area contributed by atoms with Crippen LogP contribution in [-0.2, 0) is 11.2 Å². The summed E-state index contributed by atoms with van der Waals surface area (Å²) in [6.45, 7) is 0. The minimum Gasteiger partial charge on any atom is -0.497 e. The lowest BCUT2D eigenvalue weighted by molar-refractivity contribution is -0.115. The maximum atomic E-state index is 12.1. The molecule has 0 spiro atoms. The highest BCUT2D eigenvalue weighted by Gasteiger charge is 2.10. The molecule has 0 aliphatic rings. The van der Waals surface area contributed by atoms with Crippen LogP contribution in [0.25, 0.3) is 10.6 Å². The van der Waals surface area contributed by atoms with Gasteiger partial charge in [0.25, 0.3) is 0 Å². The Hall–Kier alpha value is -2.44. The van der Waals surface area contributed by atoms with Crippen LogP contribution in [0.5, 0.6) is 5.75 Å². The Morgan fingerprint density at radius 3 is 2.50 bits per heavy atom. The Morgan fingerprint density at radius 2 is 1.83 bits per heavy atom. The third-order valence-corrected chi connectivity index (χ3v) is 4.43. The predicted octanol–water partition coefficient (Wildman–Crippen LogP) is 4.05. The van der Waals surface area contributed by atoms with Crippen molar-refractivity contribution in [1.29, 1.82) is 0 Å². The molecule has 1 aromatic heterocycles. The van der Waals surface area contributed by atoms with Crippen LogP contribution in [-0.4, -0.2) is 23.2 Å². The number of rotatable bonds is 5. The molecule has 0 fully saturated rings. The summed E-state index contributed by atoms with van der Waals surface area (Å²) in [5.74, 6) is 0.620. The molecule has 3 rings (SSSR count).